The summed E-state index contributed by atoms with van der Waals surface area (Å²) >= 11 is 0. The first-order valence-corrected chi connectivity index (χ1v) is 10.5. The highest BCUT2D eigenvalue weighted by molar-refractivity contribution is 5.89. The Morgan fingerprint density at radius 3 is 2.52 bits per heavy atom. The number of nitrogens with one attached hydrogen (secondary N) is 1. The summed E-state index contributed by atoms with van der Waals surface area (Å²) in [5, 5.41) is 2.94. The molecule has 2 heterocycles. The minimum Gasteiger partial charge on any atom is -0.467 e. The van der Waals surface area contributed by atoms with Crippen molar-refractivity contribution < 1.29 is 14.0 Å². The Labute approximate surface area is 172 Å². The molecule has 1 aromatic carbocycles. The third-order valence-corrected chi connectivity index (χ3v) is 5.56. The van der Waals surface area contributed by atoms with Crippen LogP contribution in [0.5, 0.6) is 0 Å². The first-order chi connectivity index (χ1) is 14.0. The maximum absolute atomic E-state index is 12.9. The van der Waals surface area contributed by atoms with E-state index in [2.05, 4.69) is 19.2 Å². The molecule has 0 radical (unpaired) electrons. The second-order valence-corrected chi connectivity index (χ2v) is 7.79. The highest BCUT2D eigenvalue weighted by atomic mass is 16.3. The van der Waals surface area contributed by atoms with Crippen LogP contribution < -0.4 is 5.32 Å². The van der Waals surface area contributed by atoms with Gasteiger partial charge >= 0.3 is 6.03 Å². The van der Waals surface area contributed by atoms with Crippen molar-refractivity contribution in [2.45, 2.75) is 46.1 Å². The van der Waals surface area contributed by atoms with Crippen molar-refractivity contribution in [2.75, 3.05) is 25.0 Å². The molecule has 1 aliphatic rings. The smallest absolute Gasteiger partial charge is 0.322 e. The van der Waals surface area contributed by atoms with Crippen molar-refractivity contribution in [1.82, 2.24) is 9.80 Å². The Balaban J connectivity index is 1.60. The number of hydrogen-bond donors (Lipinski definition) is 1. The molecule has 0 saturated carbocycles. The van der Waals surface area contributed by atoms with Crippen molar-refractivity contribution in [2.24, 2.45) is 5.92 Å². The van der Waals surface area contributed by atoms with Gasteiger partial charge in [0, 0.05) is 31.7 Å². The molecule has 1 N–H and O–H groups in total. The molecule has 0 spiro atoms. The summed E-state index contributed by atoms with van der Waals surface area (Å²) in [6.45, 7) is 6.63. The number of urea groups is 1. The highest BCUT2D eigenvalue weighted by Crippen LogP contribution is 2.17. The van der Waals surface area contributed by atoms with Crippen LogP contribution in [-0.2, 0) is 17.8 Å². The number of furan rings is 1. The highest BCUT2D eigenvalue weighted by Gasteiger charge is 2.22. The second kappa shape index (κ2) is 10.1. The minimum atomic E-state index is -0.231. The van der Waals surface area contributed by atoms with Crippen molar-refractivity contribution >= 4 is 17.6 Å². The predicted molar refractivity (Wildman–Crippen MR) is 114 cm³/mol. The molecule has 6 heteroatoms. The molecular weight excluding hydrogens is 366 g/mol. The summed E-state index contributed by atoms with van der Waals surface area (Å²) in [5.41, 5.74) is 1.96. The van der Waals surface area contributed by atoms with Gasteiger partial charge in [0.2, 0.25) is 5.91 Å². The molecule has 1 fully saturated rings. The maximum atomic E-state index is 12.9. The fourth-order valence-electron chi connectivity index (χ4n) is 3.52. The summed E-state index contributed by atoms with van der Waals surface area (Å²) < 4.78 is 5.41. The average Bonchev–Trinajstić information content (AvgIpc) is 3.25. The molecular formula is C23H31N3O3. The zero-order valence-corrected chi connectivity index (χ0v) is 17.4. The van der Waals surface area contributed by atoms with Crippen LogP contribution in [0, 0.1) is 5.92 Å². The summed E-state index contributed by atoms with van der Waals surface area (Å²) in [6, 6.07) is 11.2. The van der Waals surface area contributed by atoms with E-state index in [-0.39, 0.29) is 11.9 Å². The second-order valence-electron chi connectivity index (χ2n) is 7.79. The van der Waals surface area contributed by atoms with Crippen molar-refractivity contribution in [1.29, 1.82) is 0 Å². The van der Waals surface area contributed by atoms with Gasteiger partial charge in [0.25, 0.3) is 0 Å². The van der Waals surface area contributed by atoms with Gasteiger partial charge in [0.1, 0.15) is 5.76 Å². The van der Waals surface area contributed by atoms with Crippen LogP contribution >= 0.6 is 0 Å². The van der Waals surface area contributed by atoms with Crippen LogP contribution in [0.15, 0.2) is 47.1 Å². The van der Waals surface area contributed by atoms with Gasteiger partial charge in [-0.25, -0.2) is 4.79 Å². The van der Waals surface area contributed by atoms with Gasteiger partial charge in [-0.2, -0.15) is 0 Å². The van der Waals surface area contributed by atoms with Gasteiger partial charge in [0.05, 0.1) is 12.8 Å². The first kappa shape index (κ1) is 21.0. The van der Waals surface area contributed by atoms with E-state index < -0.39 is 0 Å². The number of aryl methyl sites for hydroxylation is 1. The van der Waals surface area contributed by atoms with Crippen LogP contribution in [0.4, 0.5) is 10.5 Å². The van der Waals surface area contributed by atoms with E-state index in [1.807, 2.05) is 35.2 Å². The van der Waals surface area contributed by atoms with Crippen LogP contribution in [0.2, 0.25) is 0 Å². The Hall–Kier alpha value is -2.76. The van der Waals surface area contributed by atoms with Gasteiger partial charge in [0.15, 0.2) is 0 Å². The number of rotatable bonds is 7. The molecule has 6 nitrogen and oxygen atoms in total. The zero-order chi connectivity index (χ0) is 20.6. The van der Waals surface area contributed by atoms with E-state index in [4.69, 9.17) is 4.42 Å². The Morgan fingerprint density at radius 1 is 1.17 bits per heavy atom. The number of likely N-dealkylation sites (tertiary alicyclic amines) is 1. The SMILES string of the molecule is CCc1ccc(NC(=O)N(CCC(=O)N2CCC(C)CC2)Cc2ccco2)cc1. The molecule has 0 aliphatic carbocycles. The van der Waals surface area contributed by atoms with Crippen molar-refractivity contribution in [3.8, 4) is 0 Å². The van der Waals surface area contributed by atoms with Gasteiger partial charge in [-0.3, -0.25) is 4.79 Å². The van der Waals surface area contributed by atoms with E-state index in [0.717, 1.165) is 38.0 Å². The van der Waals surface area contributed by atoms with Crippen LogP contribution in [0.1, 0.15) is 44.4 Å². The number of amides is 3. The third kappa shape index (κ3) is 6.11. The van der Waals surface area contributed by atoms with E-state index in [9.17, 15) is 9.59 Å². The van der Waals surface area contributed by atoms with E-state index in [1.165, 1.54) is 5.56 Å². The van der Waals surface area contributed by atoms with Gasteiger partial charge < -0.3 is 19.5 Å². The Morgan fingerprint density at radius 2 is 1.90 bits per heavy atom. The number of nitrogens with zero attached hydrogens (tertiary/aromatic N) is 2. The summed E-state index contributed by atoms with van der Waals surface area (Å²) in [6.07, 6.45) is 4.97. The number of anilines is 1. The van der Waals surface area contributed by atoms with Crippen molar-refractivity contribution in [3.63, 3.8) is 0 Å². The summed E-state index contributed by atoms with van der Waals surface area (Å²) in [4.78, 5) is 29.0. The van der Waals surface area contributed by atoms with Crippen LogP contribution in [-0.4, -0.2) is 41.4 Å². The number of carbonyl (C=O) groups is 2. The monoisotopic (exact) mass is 397 g/mol. The van der Waals surface area contributed by atoms with E-state index >= 15 is 0 Å². The van der Waals surface area contributed by atoms with Gasteiger partial charge in [-0.05, 0) is 55.0 Å². The number of benzene rings is 1. The molecule has 3 amide bonds. The topological polar surface area (TPSA) is 65.8 Å². The first-order valence-electron chi connectivity index (χ1n) is 10.5. The third-order valence-electron chi connectivity index (χ3n) is 5.56. The fourth-order valence-corrected chi connectivity index (χ4v) is 3.52. The molecule has 0 unspecified atom stereocenters. The summed E-state index contributed by atoms with van der Waals surface area (Å²) in [5.74, 6) is 1.49. The molecule has 2 aromatic rings. The van der Waals surface area contributed by atoms with Crippen LogP contribution in [0.25, 0.3) is 0 Å². The maximum Gasteiger partial charge on any atom is 0.322 e. The molecule has 156 valence electrons. The van der Waals surface area contributed by atoms with Gasteiger partial charge in [-0.15, -0.1) is 0 Å². The normalized spacial score (nSPS) is 14.6. The molecule has 3 rings (SSSR count). The molecule has 1 aromatic heterocycles. The number of hydrogen-bond acceptors (Lipinski definition) is 3. The molecule has 1 aliphatic heterocycles. The molecule has 29 heavy (non-hydrogen) atoms. The van der Waals surface area contributed by atoms with Crippen LogP contribution in [0.3, 0.4) is 0 Å². The average molecular weight is 398 g/mol. The molecule has 0 bridgehead atoms. The number of piperidine rings is 1. The lowest BCUT2D eigenvalue weighted by molar-refractivity contribution is -0.132. The fraction of sp³-hybridized carbons (Fsp3) is 0.478. The minimum absolute atomic E-state index is 0.112. The molecule has 0 atom stereocenters. The largest absolute Gasteiger partial charge is 0.467 e. The predicted octanol–water partition coefficient (Wildman–Crippen LogP) is 4.52. The van der Waals surface area contributed by atoms with Gasteiger partial charge in [-0.1, -0.05) is 26.0 Å². The Bertz CT molecular complexity index is 778. The quantitative estimate of drug-likeness (QED) is 0.747. The van der Waals surface area contributed by atoms with E-state index in [0.29, 0.717) is 31.2 Å². The standard InChI is InChI=1S/C23H31N3O3/c1-3-19-6-8-20(9-7-19)24-23(28)26(17-21-5-4-16-29-21)15-12-22(27)25-13-10-18(2)11-14-25/h4-9,16,18H,3,10-15,17H2,1-2H3,(H,24,28). The summed E-state index contributed by atoms with van der Waals surface area (Å²) in [7, 11) is 0. The molecule has 1 saturated heterocycles. The lowest BCUT2D eigenvalue weighted by atomic mass is 9.99. The lowest BCUT2D eigenvalue weighted by Gasteiger charge is -2.31. The zero-order valence-electron chi connectivity index (χ0n) is 17.4. The number of carbonyl (C=O) groups excluding carboxylic acids is 2. The van der Waals surface area contributed by atoms with E-state index in [1.54, 1.807) is 17.2 Å². The van der Waals surface area contributed by atoms with Crippen molar-refractivity contribution in [3.05, 3.63) is 54.0 Å². The lowest BCUT2D eigenvalue weighted by Crippen LogP contribution is -2.41. The Kier molecular flexibility index (Phi) is 7.33.